The lowest BCUT2D eigenvalue weighted by molar-refractivity contribution is 0.594. The SMILES string of the molecule is Cc1ccc(F)cc1S(=O)(=O)Nc1ncc(Br)s1. The number of anilines is 1. The number of rotatable bonds is 3. The second-order valence-electron chi connectivity index (χ2n) is 3.48. The fourth-order valence-electron chi connectivity index (χ4n) is 1.33. The van der Waals surface area contributed by atoms with Gasteiger partial charge in [0.05, 0.1) is 14.9 Å². The molecule has 0 saturated heterocycles. The van der Waals surface area contributed by atoms with Crippen LogP contribution in [0.3, 0.4) is 0 Å². The molecule has 96 valence electrons. The van der Waals surface area contributed by atoms with Crippen molar-refractivity contribution in [1.29, 1.82) is 0 Å². The van der Waals surface area contributed by atoms with Gasteiger partial charge in [0.2, 0.25) is 0 Å². The van der Waals surface area contributed by atoms with Crippen LogP contribution in [0.1, 0.15) is 5.56 Å². The van der Waals surface area contributed by atoms with E-state index in [-0.39, 0.29) is 10.0 Å². The molecule has 1 aromatic heterocycles. The van der Waals surface area contributed by atoms with Crippen molar-refractivity contribution in [2.45, 2.75) is 11.8 Å². The number of thiazole rings is 1. The van der Waals surface area contributed by atoms with Crippen molar-refractivity contribution in [2.75, 3.05) is 4.72 Å². The van der Waals surface area contributed by atoms with Gasteiger partial charge in [0.25, 0.3) is 10.0 Å². The van der Waals surface area contributed by atoms with E-state index < -0.39 is 15.8 Å². The lowest BCUT2D eigenvalue weighted by atomic mass is 10.2. The highest BCUT2D eigenvalue weighted by atomic mass is 79.9. The molecule has 0 unspecified atom stereocenters. The first kappa shape index (κ1) is 13.4. The Kier molecular flexibility index (Phi) is 3.69. The Labute approximate surface area is 116 Å². The number of sulfonamides is 1. The lowest BCUT2D eigenvalue weighted by Crippen LogP contribution is -2.14. The molecule has 1 heterocycles. The molecule has 0 atom stereocenters. The molecule has 18 heavy (non-hydrogen) atoms. The van der Waals surface area contributed by atoms with Crippen LogP contribution < -0.4 is 4.72 Å². The summed E-state index contributed by atoms with van der Waals surface area (Å²) in [5.74, 6) is -0.596. The molecule has 0 aliphatic heterocycles. The highest BCUT2D eigenvalue weighted by molar-refractivity contribution is 9.11. The number of hydrogen-bond donors (Lipinski definition) is 1. The van der Waals surface area contributed by atoms with Gasteiger partial charge in [-0.25, -0.2) is 17.8 Å². The van der Waals surface area contributed by atoms with Crippen LogP contribution in [-0.2, 0) is 10.0 Å². The smallest absolute Gasteiger partial charge is 0.255 e. The van der Waals surface area contributed by atoms with E-state index in [2.05, 4.69) is 25.6 Å². The Balaban J connectivity index is 2.39. The van der Waals surface area contributed by atoms with E-state index >= 15 is 0 Å². The van der Waals surface area contributed by atoms with Crippen LogP contribution in [0, 0.1) is 12.7 Å². The van der Waals surface area contributed by atoms with Crippen LogP contribution in [-0.4, -0.2) is 13.4 Å². The molecule has 1 N–H and O–H groups in total. The number of benzene rings is 1. The fourth-order valence-corrected chi connectivity index (χ4v) is 3.94. The van der Waals surface area contributed by atoms with Gasteiger partial charge in [0, 0.05) is 0 Å². The molecule has 2 aromatic rings. The van der Waals surface area contributed by atoms with E-state index in [9.17, 15) is 12.8 Å². The van der Waals surface area contributed by atoms with Crippen molar-refractivity contribution in [2.24, 2.45) is 0 Å². The summed E-state index contributed by atoms with van der Waals surface area (Å²) in [6, 6.07) is 3.62. The highest BCUT2D eigenvalue weighted by Gasteiger charge is 2.19. The minimum atomic E-state index is -3.82. The van der Waals surface area contributed by atoms with E-state index in [1.807, 2.05) is 0 Å². The molecule has 8 heteroatoms. The Bertz CT molecular complexity index is 685. The zero-order valence-electron chi connectivity index (χ0n) is 9.15. The van der Waals surface area contributed by atoms with E-state index in [1.54, 1.807) is 6.92 Å². The standard InChI is InChI=1S/C10H8BrFN2O2S2/c1-6-2-3-7(12)4-8(6)18(15,16)14-10-13-5-9(11)17-10/h2-5H,1H3,(H,13,14). The molecule has 0 aliphatic rings. The number of nitrogens with zero attached hydrogens (tertiary/aromatic N) is 1. The molecular formula is C10H8BrFN2O2S2. The van der Waals surface area contributed by atoms with Crippen LogP contribution in [0.2, 0.25) is 0 Å². The topological polar surface area (TPSA) is 59.1 Å². The average Bonchev–Trinajstić information content (AvgIpc) is 2.66. The monoisotopic (exact) mass is 350 g/mol. The molecule has 4 nitrogen and oxygen atoms in total. The minimum Gasteiger partial charge on any atom is -0.255 e. The Morgan fingerprint density at radius 1 is 1.44 bits per heavy atom. The van der Waals surface area contributed by atoms with Crippen molar-refractivity contribution in [3.8, 4) is 0 Å². The molecule has 0 fully saturated rings. The van der Waals surface area contributed by atoms with E-state index in [1.165, 1.54) is 18.3 Å². The van der Waals surface area contributed by atoms with Crippen LogP contribution >= 0.6 is 27.3 Å². The molecule has 2 rings (SSSR count). The number of aryl methyl sites for hydroxylation is 1. The van der Waals surface area contributed by atoms with Crippen molar-refractivity contribution in [1.82, 2.24) is 4.98 Å². The van der Waals surface area contributed by atoms with Crippen molar-refractivity contribution in [3.63, 3.8) is 0 Å². The summed E-state index contributed by atoms with van der Waals surface area (Å²) in [5.41, 5.74) is 0.472. The summed E-state index contributed by atoms with van der Waals surface area (Å²) in [6.45, 7) is 1.60. The fraction of sp³-hybridized carbons (Fsp3) is 0.100. The van der Waals surface area contributed by atoms with Gasteiger partial charge in [-0.15, -0.1) is 0 Å². The molecule has 0 amide bonds. The van der Waals surface area contributed by atoms with Gasteiger partial charge in [0.1, 0.15) is 5.82 Å². The zero-order chi connectivity index (χ0) is 13.3. The van der Waals surface area contributed by atoms with Crippen molar-refractivity contribution in [3.05, 3.63) is 39.6 Å². The maximum absolute atomic E-state index is 13.1. The Hall–Kier alpha value is -0.990. The number of halogens is 2. The summed E-state index contributed by atoms with van der Waals surface area (Å²) >= 11 is 4.32. The van der Waals surface area contributed by atoms with Crippen LogP contribution in [0.5, 0.6) is 0 Å². The minimum absolute atomic E-state index is 0.0891. The molecule has 0 radical (unpaired) electrons. The molecule has 0 saturated carbocycles. The van der Waals surface area contributed by atoms with E-state index in [0.717, 1.165) is 17.4 Å². The lowest BCUT2D eigenvalue weighted by Gasteiger charge is -2.07. The van der Waals surface area contributed by atoms with Crippen LogP contribution in [0.4, 0.5) is 9.52 Å². The number of nitrogens with one attached hydrogen (secondary N) is 1. The maximum Gasteiger partial charge on any atom is 0.264 e. The van der Waals surface area contributed by atoms with Gasteiger partial charge in [-0.3, -0.25) is 4.72 Å². The van der Waals surface area contributed by atoms with Crippen LogP contribution in [0.25, 0.3) is 0 Å². The number of hydrogen-bond acceptors (Lipinski definition) is 4. The third kappa shape index (κ3) is 2.88. The summed E-state index contributed by atoms with van der Waals surface area (Å²) in [4.78, 5) is 3.78. The zero-order valence-corrected chi connectivity index (χ0v) is 12.4. The average molecular weight is 351 g/mol. The first-order valence-corrected chi connectivity index (χ1v) is 7.88. The van der Waals surface area contributed by atoms with Crippen LogP contribution in [0.15, 0.2) is 33.1 Å². The second-order valence-corrected chi connectivity index (χ2v) is 7.55. The third-order valence-corrected chi connectivity index (χ3v) is 5.14. The highest BCUT2D eigenvalue weighted by Crippen LogP contribution is 2.26. The van der Waals surface area contributed by atoms with E-state index in [0.29, 0.717) is 9.35 Å². The molecule has 0 spiro atoms. The normalized spacial score (nSPS) is 11.5. The quantitative estimate of drug-likeness (QED) is 0.924. The first-order valence-electron chi connectivity index (χ1n) is 4.79. The van der Waals surface area contributed by atoms with E-state index in [4.69, 9.17) is 0 Å². The predicted molar refractivity (Wildman–Crippen MR) is 71.8 cm³/mol. The first-order chi connectivity index (χ1) is 8.38. The maximum atomic E-state index is 13.1. The van der Waals surface area contributed by atoms with Gasteiger partial charge in [0.15, 0.2) is 5.13 Å². The van der Waals surface area contributed by atoms with Gasteiger partial charge in [-0.05, 0) is 40.5 Å². The van der Waals surface area contributed by atoms with Gasteiger partial charge >= 0.3 is 0 Å². The molecule has 1 aromatic carbocycles. The molecular weight excluding hydrogens is 343 g/mol. The Morgan fingerprint density at radius 2 is 2.17 bits per heavy atom. The second kappa shape index (κ2) is 4.94. The number of aromatic nitrogens is 1. The van der Waals surface area contributed by atoms with Crippen molar-refractivity contribution >= 4 is 42.4 Å². The van der Waals surface area contributed by atoms with Gasteiger partial charge < -0.3 is 0 Å². The largest absolute Gasteiger partial charge is 0.264 e. The van der Waals surface area contributed by atoms with Gasteiger partial charge in [-0.2, -0.15) is 0 Å². The Morgan fingerprint density at radius 3 is 2.78 bits per heavy atom. The summed E-state index contributed by atoms with van der Waals surface area (Å²) < 4.78 is 40.2. The van der Waals surface area contributed by atoms with Gasteiger partial charge in [-0.1, -0.05) is 17.4 Å². The summed E-state index contributed by atoms with van der Waals surface area (Å²) in [7, 11) is -3.82. The summed E-state index contributed by atoms with van der Waals surface area (Å²) in [6.07, 6.45) is 1.49. The predicted octanol–water partition coefficient (Wildman–Crippen LogP) is 3.15. The molecule has 0 aliphatic carbocycles. The van der Waals surface area contributed by atoms with Crippen molar-refractivity contribution < 1.29 is 12.8 Å². The molecule has 0 bridgehead atoms. The third-order valence-electron chi connectivity index (χ3n) is 2.14. The summed E-state index contributed by atoms with van der Waals surface area (Å²) in [5, 5.41) is 0.227.